The Labute approximate surface area is 182 Å². The molecule has 0 atom stereocenters. The van der Waals surface area contributed by atoms with Crippen molar-refractivity contribution in [1.82, 2.24) is 9.88 Å². The van der Waals surface area contributed by atoms with E-state index in [1.807, 2.05) is 30.3 Å². The molecule has 4 rings (SSSR count). The van der Waals surface area contributed by atoms with Crippen molar-refractivity contribution in [2.45, 2.75) is 19.3 Å². The summed E-state index contributed by atoms with van der Waals surface area (Å²) in [4.78, 5) is 6.60. The van der Waals surface area contributed by atoms with Crippen molar-refractivity contribution in [3.8, 4) is 11.3 Å². The van der Waals surface area contributed by atoms with Gasteiger partial charge in [0.2, 0.25) is 0 Å². The number of rotatable bonds is 6. The van der Waals surface area contributed by atoms with E-state index in [1.54, 1.807) is 6.20 Å². The van der Waals surface area contributed by atoms with Gasteiger partial charge in [-0.15, -0.1) is 0 Å². The molecule has 0 amide bonds. The highest BCUT2D eigenvalue weighted by Crippen LogP contribution is 2.33. The third kappa shape index (κ3) is 4.50. The van der Waals surface area contributed by atoms with E-state index in [0.29, 0.717) is 10.7 Å². The molecule has 0 radical (unpaired) electrons. The van der Waals surface area contributed by atoms with Gasteiger partial charge in [-0.05, 0) is 75.8 Å². The van der Waals surface area contributed by atoms with Gasteiger partial charge in [0, 0.05) is 28.4 Å². The second-order valence-electron chi connectivity index (χ2n) is 7.85. The molecule has 0 saturated heterocycles. The summed E-state index contributed by atoms with van der Waals surface area (Å²) in [5, 5.41) is 20.5. The fourth-order valence-corrected chi connectivity index (χ4v) is 3.94. The Balaban J connectivity index is 1.63. The number of nitrogens with one attached hydrogen (secondary N) is 2. The molecule has 6 nitrogen and oxygen atoms in total. The fraction of sp³-hybridized carbons (Fsp3) is 0.304. The minimum Gasteiger partial charge on any atom is -0.740 e. The Kier molecular flexibility index (Phi) is 6.06. The van der Waals surface area contributed by atoms with Crippen LogP contribution in [0.3, 0.4) is 0 Å². The molecule has 0 aliphatic carbocycles. The lowest BCUT2D eigenvalue weighted by Crippen LogP contribution is -2.35. The second-order valence-corrected chi connectivity index (χ2v) is 8.29. The predicted molar refractivity (Wildman–Crippen MR) is 122 cm³/mol. The van der Waals surface area contributed by atoms with E-state index in [1.165, 1.54) is 5.56 Å². The number of halogens is 1. The zero-order valence-corrected chi connectivity index (χ0v) is 18.0. The second kappa shape index (κ2) is 8.90. The molecule has 2 aromatic carbocycles. The van der Waals surface area contributed by atoms with Crippen molar-refractivity contribution >= 4 is 28.9 Å². The van der Waals surface area contributed by atoms with Gasteiger partial charge in [-0.1, -0.05) is 28.7 Å². The lowest BCUT2D eigenvalue weighted by molar-refractivity contribution is -0.581. The number of fused-ring (bicyclic) bond motifs is 3. The van der Waals surface area contributed by atoms with Gasteiger partial charge < -0.3 is 15.4 Å². The van der Waals surface area contributed by atoms with Crippen LogP contribution < -0.4 is 15.4 Å². The van der Waals surface area contributed by atoms with Crippen molar-refractivity contribution in [3.05, 3.63) is 70.0 Å². The molecule has 2 N–H and O–H groups in total. The minimum absolute atomic E-state index is 0.266. The van der Waals surface area contributed by atoms with E-state index < -0.39 is 0 Å². The number of hydrogen-bond acceptors (Lipinski definition) is 5. The fourth-order valence-electron chi connectivity index (χ4n) is 3.77. The Bertz CT molecular complexity index is 1050. The van der Waals surface area contributed by atoms with E-state index >= 15 is 0 Å². The Hall–Kier alpha value is -2.83. The normalized spacial score (nSPS) is 12.7. The number of nitrogens with zero attached hydrogens (tertiary/aromatic N) is 3. The summed E-state index contributed by atoms with van der Waals surface area (Å²) in [6.07, 6.45) is 4.58. The van der Waals surface area contributed by atoms with Gasteiger partial charge in [-0.25, -0.2) is 10.0 Å². The zero-order chi connectivity index (χ0) is 21.1. The highest BCUT2D eigenvalue weighted by atomic mass is 35.5. The Morgan fingerprint density at radius 1 is 1.23 bits per heavy atom. The molecule has 1 aromatic heterocycles. The summed E-state index contributed by atoms with van der Waals surface area (Å²) in [5.41, 5.74) is 5.33. The van der Waals surface area contributed by atoms with Crippen molar-refractivity contribution in [1.29, 1.82) is 0 Å². The molecule has 0 saturated carbocycles. The molecule has 1 aliphatic rings. The highest BCUT2D eigenvalue weighted by Gasteiger charge is 2.22. The molecule has 2 heterocycles. The first-order chi connectivity index (χ1) is 14.5. The molecule has 30 heavy (non-hydrogen) atoms. The summed E-state index contributed by atoms with van der Waals surface area (Å²) < 4.78 is 0.897. The standard InChI is InChI=1S/C23H26ClN5O/c1-28(2)12-4-6-16-5-3-7-19(13-16)27-23-26-15-17-10-11-25-21-14-18(24)8-9-20(21)22(17)29(23)30/h3,5,7-9,13-15,25H,4,6,10-12H2,1-2H3,(H,26,27). The number of benzene rings is 2. The van der Waals surface area contributed by atoms with Crippen LogP contribution in [0.2, 0.25) is 5.02 Å². The molecule has 1 aliphatic heterocycles. The number of anilines is 3. The summed E-state index contributed by atoms with van der Waals surface area (Å²) >= 11 is 6.15. The topological polar surface area (TPSA) is 67.1 Å². The van der Waals surface area contributed by atoms with Crippen LogP contribution in [-0.4, -0.2) is 37.1 Å². The predicted octanol–water partition coefficient (Wildman–Crippen LogP) is 4.24. The van der Waals surface area contributed by atoms with Crippen LogP contribution >= 0.6 is 11.6 Å². The average Bonchev–Trinajstić information content (AvgIpc) is 2.89. The van der Waals surface area contributed by atoms with Crippen LogP contribution in [0, 0.1) is 5.21 Å². The zero-order valence-electron chi connectivity index (χ0n) is 17.3. The summed E-state index contributed by atoms with van der Waals surface area (Å²) in [6.45, 7) is 1.77. The third-order valence-corrected chi connectivity index (χ3v) is 5.48. The smallest absolute Gasteiger partial charge is 0.397 e. The largest absolute Gasteiger partial charge is 0.740 e. The first-order valence-electron chi connectivity index (χ1n) is 10.2. The third-order valence-electron chi connectivity index (χ3n) is 5.24. The van der Waals surface area contributed by atoms with Gasteiger partial charge in [0.05, 0.1) is 5.69 Å². The SMILES string of the molecule is CN(C)CCCc1cccc(Nc2ncc3c([n+]2[O-])-c2ccc(Cl)cc2NCC3)c1. The van der Waals surface area contributed by atoms with Crippen molar-refractivity contribution in [2.24, 2.45) is 0 Å². The molecule has 156 valence electrons. The number of aryl methyl sites for hydroxylation is 1. The highest BCUT2D eigenvalue weighted by molar-refractivity contribution is 6.31. The van der Waals surface area contributed by atoms with Crippen molar-refractivity contribution in [3.63, 3.8) is 0 Å². The summed E-state index contributed by atoms with van der Waals surface area (Å²) in [6, 6.07) is 13.7. The summed E-state index contributed by atoms with van der Waals surface area (Å²) in [7, 11) is 4.16. The molecule has 7 heteroatoms. The molecular weight excluding hydrogens is 398 g/mol. The lowest BCUT2D eigenvalue weighted by Gasteiger charge is -2.17. The van der Waals surface area contributed by atoms with Crippen LogP contribution in [0.1, 0.15) is 17.5 Å². The van der Waals surface area contributed by atoms with E-state index in [4.69, 9.17) is 11.6 Å². The van der Waals surface area contributed by atoms with Crippen molar-refractivity contribution in [2.75, 3.05) is 37.8 Å². The average molecular weight is 424 g/mol. The summed E-state index contributed by atoms with van der Waals surface area (Å²) in [5.74, 6) is 0.266. The van der Waals surface area contributed by atoms with E-state index in [-0.39, 0.29) is 5.95 Å². The van der Waals surface area contributed by atoms with E-state index in [2.05, 4.69) is 46.7 Å². The van der Waals surface area contributed by atoms with E-state index in [0.717, 1.165) is 59.6 Å². The Morgan fingerprint density at radius 3 is 2.93 bits per heavy atom. The molecule has 0 fully saturated rings. The Morgan fingerprint density at radius 2 is 2.10 bits per heavy atom. The van der Waals surface area contributed by atoms with Gasteiger partial charge >= 0.3 is 5.95 Å². The van der Waals surface area contributed by atoms with Gasteiger partial charge in [0.15, 0.2) is 0 Å². The lowest BCUT2D eigenvalue weighted by atomic mass is 10.1. The first kappa shape index (κ1) is 20.4. The maximum absolute atomic E-state index is 13.3. The molecule has 0 spiro atoms. The van der Waals surface area contributed by atoms with Gasteiger partial charge in [0.25, 0.3) is 0 Å². The monoisotopic (exact) mass is 423 g/mol. The van der Waals surface area contributed by atoms with Crippen LogP contribution in [-0.2, 0) is 12.8 Å². The molecule has 0 unspecified atom stereocenters. The maximum atomic E-state index is 13.3. The maximum Gasteiger partial charge on any atom is 0.397 e. The molecular formula is C23H26ClN5O. The number of hydrogen-bond donors (Lipinski definition) is 2. The van der Waals surface area contributed by atoms with Gasteiger partial charge in [-0.2, -0.15) is 0 Å². The van der Waals surface area contributed by atoms with Crippen LogP contribution in [0.15, 0.2) is 48.7 Å². The first-order valence-corrected chi connectivity index (χ1v) is 10.5. The van der Waals surface area contributed by atoms with Gasteiger partial charge in [-0.3, -0.25) is 0 Å². The van der Waals surface area contributed by atoms with E-state index in [9.17, 15) is 5.21 Å². The number of aromatic nitrogens is 2. The minimum atomic E-state index is 0.266. The molecule has 0 bridgehead atoms. The molecule has 3 aromatic rings. The van der Waals surface area contributed by atoms with Crippen molar-refractivity contribution < 1.29 is 4.73 Å². The quantitative estimate of drug-likeness (QED) is 0.458. The van der Waals surface area contributed by atoms with Crippen LogP contribution in [0.25, 0.3) is 11.3 Å². The van der Waals surface area contributed by atoms with Crippen LogP contribution in [0.5, 0.6) is 0 Å². The van der Waals surface area contributed by atoms with Gasteiger partial charge in [0.1, 0.15) is 11.9 Å². The van der Waals surface area contributed by atoms with Crippen LogP contribution in [0.4, 0.5) is 17.3 Å².